The van der Waals surface area contributed by atoms with Crippen LogP contribution >= 0.6 is 0 Å². The van der Waals surface area contributed by atoms with Gasteiger partial charge in [0.05, 0.1) is 6.61 Å². The summed E-state index contributed by atoms with van der Waals surface area (Å²) >= 11 is 0. The maximum atomic E-state index is 11.4. The number of aliphatic hydroxyl groups excluding tert-OH is 4. The quantitative estimate of drug-likeness (QED) is 0.540. The Morgan fingerprint density at radius 2 is 1.88 bits per heavy atom. The Hall–Kier alpha value is -1.97. The van der Waals surface area contributed by atoms with Crippen molar-refractivity contribution in [3.05, 3.63) is 40.2 Å². The van der Waals surface area contributed by atoms with Gasteiger partial charge in [0, 0.05) is 11.5 Å². The van der Waals surface area contributed by atoms with E-state index < -0.39 is 42.9 Å². The minimum atomic E-state index is -1.51. The zero-order chi connectivity index (χ0) is 17.4. The van der Waals surface area contributed by atoms with Gasteiger partial charge in [-0.25, -0.2) is 4.79 Å². The normalized spacial score (nSPS) is 30.5. The molecule has 2 heterocycles. The molecule has 2 aromatic rings. The number of aliphatic hydroxyl groups is 4. The molecule has 130 valence electrons. The van der Waals surface area contributed by atoms with Gasteiger partial charge in [-0.15, -0.1) is 0 Å². The van der Waals surface area contributed by atoms with Gasteiger partial charge < -0.3 is 34.3 Å². The lowest BCUT2D eigenvalue weighted by atomic mass is 9.99. The first kappa shape index (κ1) is 16.9. The second-order valence-corrected chi connectivity index (χ2v) is 5.72. The maximum Gasteiger partial charge on any atom is 0.336 e. The van der Waals surface area contributed by atoms with Crippen LogP contribution in [0.25, 0.3) is 11.0 Å². The summed E-state index contributed by atoms with van der Waals surface area (Å²) in [7, 11) is 0. The van der Waals surface area contributed by atoms with Gasteiger partial charge in [0.1, 0.15) is 35.7 Å². The molecule has 1 aliphatic heterocycles. The monoisotopic (exact) mass is 338 g/mol. The van der Waals surface area contributed by atoms with Gasteiger partial charge in [0.15, 0.2) is 0 Å². The molecular formula is C16H18O8. The fourth-order valence-electron chi connectivity index (χ4n) is 2.67. The lowest BCUT2D eigenvalue weighted by molar-refractivity contribution is -0.277. The molecule has 4 unspecified atom stereocenters. The van der Waals surface area contributed by atoms with E-state index >= 15 is 0 Å². The fourth-order valence-corrected chi connectivity index (χ4v) is 2.67. The maximum absolute atomic E-state index is 11.4. The van der Waals surface area contributed by atoms with Gasteiger partial charge in [-0.05, 0) is 30.7 Å². The molecule has 1 aliphatic rings. The highest BCUT2D eigenvalue weighted by Crippen LogP contribution is 2.27. The molecule has 8 heteroatoms. The van der Waals surface area contributed by atoms with Crippen LogP contribution in [0.5, 0.6) is 5.75 Å². The zero-order valence-corrected chi connectivity index (χ0v) is 12.8. The molecule has 1 aromatic carbocycles. The van der Waals surface area contributed by atoms with Crippen molar-refractivity contribution in [3.8, 4) is 5.75 Å². The van der Waals surface area contributed by atoms with E-state index in [0.29, 0.717) is 22.3 Å². The molecule has 1 aromatic heterocycles. The fraction of sp³-hybridized carbons (Fsp3) is 0.438. The molecular weight excluding hydrogens is 320 g/mol. The van der Waals surface area contributed by atoms with Crippen molar-refractivity contribution >= 4 is 11.0 Å². The number of ether oxygens (including phenoxy) is 2. The SMILES string of the molecule is Cc1cc(=O)oc2ccc(OC3OC(CO)[C@@H](O)C(O)C3O)cc12. The van der Waals surface area contributed by atoms with Gasteiger partial charge in [0.2, 0.25) is 6.29 Å². The molecule has 1 saturated heterocycles. The molecule has 0 radical (unpaired) electrons. The molecule has 4 N–H and O–H groups in total. The smallest absolute Gasteiger partial charge is 0.336 e. The van der Waals surface area contributed by atoms with Crippen LogP contribution in [-0.2, 0) is 4.74 Å². The van der Waals surface area contributed by atoms with E-state index in [9.17, 15) is 25.2 Å². The van der Waals surface area contributed by atoms with Gasteiger partial charge in [-0.1, -0.05) is 0 Å². The molecule has 24 heavy (non-hydrogen) atoms. The van der Waals surface area contributed by atoms with Crippen LogP contribution in [0.2, 0.25) is 0 Å². The third-order valence-corrected chi connectivity index (χ3v) is 4.02. The molecule has 0 saturated carbocycles. The van der Waals surface area contributed by atoms with Crippen LogP contribution in [0.15, 0.2) is 33.5 Å². The van der Waals surface area contributed by atoms with Crippen LogP contribution in [0.4, 0.5) is 0 Å². The summed E-state index contributed by atoms with van der Waals surface area (Å²) in [5.74, 6) is 0.309. The summed E-state index contributed by atoms with van der Waals surface area (Å²) in [5.41, 5.74) is 0.629. The Kier molecular flexibility index (Phi) is 4.57. The van der Waals surface area contributed by atoms with Crippen LogP contribution in [-0.4, -0.2) is 57.7 Å². The Bertz CT molecular complexity index is 783. The van der Waals surface area contributed by atoms with Crippen molar-refractivity contribution in [2.75, 3.05) is 6.61 Å². The minimum Gasteiger partial charge on any atom is -0.462 e. The molecule has 8 nitrogen and oxygen atoms in total. The average Bonchev–Trinajstić information content (AvgIpc) is 2.55. The highest BCUT2D eigenvalue weighted by molar-refractivity contribution is 5.81. The Balaban J connectivity index is 1.87. The van der Waals surface area contributed by atoms with Gasteiger partial charge >= 0.3 is 5.63 Å². The third kappa shape index (κ3) is 3.02. The zero-order valence-electron chi connectivity index (χ0n) is 12.8. The summed E-state index contributed by atoms with van der Waals surface area (Å²) < 4.78 is 15.9. The Morgan fingerprint density at radius 3 is 2.58 bits per heavy atom. The van der Waals surface area contributed by atoms with E-state index in [4.69, 9.17) is 13.9 Å². The van der Waals surface area contributed by atoms with Crippen molar-refractivity contribution in [1.82, 2.24) is 0 Å². The number of hydrogen-bond donors (Lipinski definition) is 4. The predicted octanol–water partition coefficient (Wildman–Crippen LogP) is -0.720. The first-order chi connectivity index (χ1) is 11.4. The first-order valence-corrected chi connectivity index (χ1v) is 7.42. The van der Waals surface area contributed by atoms with E-state index in [1.165, 1.54) is 12.1 Å². The van der Waals surface area contributed by atoms with E-state index in [0.717, 1.165) is 0 Å². The van der Waals surface area contributed by atoms with Crippen molar-refractivity contribution in [2.24, 2.45) is 0 Å². The van der Waals surface area contributed by atoms with Gasteiger partial charge in [0.25, 0.3) is 0 Å². The highest BCUT2D eigenvalue weighted by Gasteiger charge is 2.44. The highest BCUT2D eigenvalue weighted by atomic mass is 16.7. The summed E-state index contributed by atoms with van der Waals surface area (Å²) in [6.07, 6.45) is -6.77. The van der Waals surface area contributed by atoms with E-state index in [1.807, 2.05) is 0 Å². The van der Waals surface area contributed by atoms with Crippen LogP contribution in [0.1, 0.15) is 5.56 Å². The van der Waals surface area contributed by atoms with Crippen LogP contribution in [0.3, 0.4) is 0 Å². The van der Waals surface area contributed by atoms with Gasteiger partial charge in [-0.3, -0.25) is 0 Å². The first-order valence-electron chi connectivity index (χ1n) is 7.42. The van der Waals surface area contributed by atoms with Crippen LogP contribution in [0, 0.1) is 6.92 Å². The number of aryl methyl sites for hydroxylation is 1. The number of hydrogen-bond acceptors (Lipinski definition) is 8. The molecule has 5 atom stereocenters. The molecule has 0 spiro atoms. The largest absolute Gasteiger partial charge is 0.462 e. The minimum absolute atomic E-state index is 0.309. The summed E-state index contributed by atoms with van der Waals surface area (Å²) in [6, 6.07) is 6.02. The van der Waals surface area contributed by atoms with Crippen molar-refractivity contribution < 1.29 is 34.3 Å². The lowest BCUT2D eigenvalue weighted by Gasteiger charge is -2.39. The second kappa shape index (κ2) is 6.50. The molecule has 0 bridgehead atoms. The predicted molar refractivity (Wildman–Crippen MR) is 81.6 cm³/mol. The lowest BCUT2D eigenvalue weighted by Crippen LogP contribution is -2.60. The summed E-state index contributed by atoms with van der Waals surface area (Å²) in [4.78, 5) is 11.4. The topological polar surface area (TPSA) is 130 Å². The number of fused-ring (bicyclic) bond motifs is 1. The number of benzene rings is 1. The van der Waals surface area contributed by atoms with E-state index in [2.05, 4.69) is 0 Å². The Labute approximate surface area is 136 Å². The van der Waals surface area contributed by atoms with Crippen molar-refractivity contribution in [1.29, 1.82) is 0 Å². The number of rotatable bonds is 3. The van der Waals surface area contributed by atoms with Gasteiger partial charge in [-0.2, -0.15) is 0 Å². The average molecular weight is 338 g/mol. The van der Waals surface area contributed by atoms with E-state index in [-0.39, 0.29) is 0 Å². The molecule has 0 amide bonds. The van der Waals surface area contributed by atoms with Crippen LogP contribution < -0.4 is 10.4 Å². The molecule has 0 aliphatic carbocycles. The molecule has 3 rings (SSSR count). The van der Waals surface area contributed by atoms with E-state index in [1.54, 1.807) is 19.1 Å². The van der Waals surface area contributed by atoms with Crippen molar-refractivity contribution in [3.63, 3.8) is 0 Å². The summed E-state index contributed by atoms with van der Waals surface area (Å²) in [5, 5.41) is 39.3. The second-order valence-electron chi connectivity index (χ2n) is 5.72. The summed E-state index contributed by atoms with van der Waals surface area (Å²) in [6.45, 7) is 1.21. The van der Waals surface area contributed by atoms with Crippen molar-refractivity contribution in [2.45, 2.75) is 37.6 Å². The standard InChI is InChI=1S/C16H18O8/c1-7-4-12(18)23-10-3-2-8(5-9(7)10)22-16-15(21)14(20)13(19)11(6-17)24-16/h2-5,11,13-17,19-21H,6H2,1H3/t11?,13-,14?,15?,16?/m1/s1. The molecule has 1 fully saturated rings. The Morgan fingerprint density at radius 1 is 1.12 bits per heavy atom. The third-order valence-electron chi connectivity index (χ3n) is 4.02.